The maximum absolute atomic E-state index is 11.5. The first kappa shape index (κ1) is 12.3. The Bertz CT molecular complexity index is 144. The summed E-state index contributed by atoms with van der Waals surface area (Å²) >= 11 is 0. The fourth-order valence-electron chi connectivity index (χ4n) is 1.32. The Kier molecular flexibility index (Phi) is 6.37. The summed E-state index contributed by atoms with van der Waals surface area (Å²) in [6.07, 6.45) is 2.16. The molecule has 0 rings (SSSR count). The van der Waals surface area contributed by atoms with E-state index in [1.165, 1.54) is 0 Å². The molecule has 0 saturated carbocycles. The van der Waals surface area contributed by atoms with E-state index in [1.54, 1.807) is 4.90 Å². The van der Waals surface area contributed by atoms with E-state index in [-0.39, 0.29) is 12.1 Å². The van der Waals surface area contributed by atoms with Gasteiger partial charge in [-0.1, -0.05) is 13.3 Å². The minimum Gasteiger partial charge on any atom is -0.336 e. The summed E-state index contributed by atoms with van der Waals surface area (Å²) in [5, 5.41) is 2.97. The molecule has 0 saturated heterocycles. The predicted octanol–water partition coefficient (Wildman–Crippen LogP) is 2.23. The predicted molar refractivity (Wildman–Crippen MR) is 55.8 cm³/mol. The van der Waals surface area contributed by atoms with Gasteiger partial charge in [-0.25, -0.2) is 4.79 Å². The van der Waals surface area contributed by atoms with Gasteiger partial charge in [-0.05, 0) is 27.2 Å². The smallest absolute Gasteiger partial charge is 0.317 e. The van der Waals surface area contributed by atoms with Crippen LogP contribution in [-0.2, 0) is 0 Å². The molecule has 3 nitrogen and oxygen atoms in total. The monoisotopic (exact) mass is 186 g/mol. The minimum absolute atomic E-state index is 0.0611. The van der Waals surface area contributed by atoms with E-state index in [0.29, 0.717) is 0 Å². The van der Waals surface area contributed by atoms with Crippen molar-refractivity contribution in [3.05, 3.63) is 0 Å². The van der Waals surface area contributed by atoms with Crippen LogP contribution in [0.4, 0.5) is 4.79 Å². The van der Waals surface area contributed by atoms with E-state index in [0.717, 1.165) is 25.9 Å². The largest absolute Gasteiger partial charge is 0.336 e. The molecule has 0 aliphatic rings. The molecule has 13 heavy (non-hydrogen) atoms. The summed E-state index contributed by atoms with van der Waals surface area (Å²) in [6, 6.07) is 0.351. The van der Waals surface area contributed by atoms with Gasteiger partial charge in [0.15, 0.2) is 0 Å². The molecule has 0 fully saturated rings. The molecular weight excluding hydrogens is 164 g/mol. The zero-order valence-corrected chi connectivity index (χ0v) is 9.26. The highest BCUT2D eigenvalue weighted by Crippen LogP contribution is 1.96. The zero-order valence-electron chi connectivity index (χ0n) is 9.26. The molecule has 0 spiro atoms. The van der Waals surface area contributed by atoms with Crippen LogP contribution in [0.2, 0.25) is 0 Å². The Morgan fingerprint density at radius 1 is 1.31 bits per heavy atom. The maximum Gasteiger partial charge on any atom is 0.317 e. The van der Waals surface area contributed by atoms with Crippen LogP contribution in [0.15, 0.2) is 0 Å². The molecule has 0 heterocycles. The van der Waals surface area contributed by atoms with Crippen molar-refractivity contribution in [2.75, 3.05) is 13.1 Å². The van der Waals surface area contributed by atoms with Gasteiger partial charge in [-0.15, -0.1) is 0 Å². The normalized spacial score (nSPS) is 12.3. The van der Waals surface area contributed by atoms with E-state index < -0.39 is 0 Å². The third-order valence-corrected chi connectivity index (χ3v) is 2.14. The summed E-state index contributed by atoms with van der Waals surface area (Å²) in [5.74, 6) is 0. The lowest BCUT2D eigenvalue weighted by Gasteiger charge is -2.22. The molecule has 0 aromatic heterocycles. The molecule has 0 bridgehead atoms. The highest BCUT2D eigenvalue weighted by Gasteiger charge is 2.10. The standard InChI is InChI=1S/C10H22N2O/c1-5-8-9(4)11-10(13)12(6-2)7-3/h9H,5-8H2,1-4H3,(H,11,13). The van der Waals surface area contributed by atoms with Crippen molar-refractivity contribution >= 4 is 6.03 Å². The van der Waals surface area contributed by atoms with Gasteiger partial charge in [0.2, 0.25) is 0 Å². The average molecular weight is 186 g/mol. The van der Waals surface area contributed by atoms with Crippen LogP contribution in [0.3, 0.4) is 0 Å². The van der Waals surface area contributed by atoms with Crippen LogP contribution in [0, 0.1) is 0 Å². The maximum atomic E-state index is 11.5. The lowest BCUT2D eigenvalue weighted by atomic mass is 10.2. The molecule has 1 unspecified atom stereocenters. The molecule has 0 aromatic rings. The number of nitrogens with zero attached hydrogens (tertiary/aromatic N) is 1. The molecule has 1 N–H and O–H groups in total. The Hall–Kier alpha value is -0.730. The number of carbonyl (C=O) groups excluding carboxylic acids is 1. The Labute approximate surface area is 81.5 Å². The lowest BCUT2D eigenvalue weighted by Crippen LogP contribution is -2.43. The molecule has 0 aromatic carbocycles. The summed E-state index contributed by atoms with van der Waals surface area (Å²) in [5.41, 5.74) is 0. The number of hydrogen-bond donors (Lipinski definition) is 1. The number of carbonyl (C=O) groups is 1. The van der Waals surface area contributed by atoms with Gasteiger partial charge in [0.05, 0.1) is 0 Å². The first-order valence-corrected chi connectivity index (χ1v) is 5.21. The highest BCUT2D eigenvalue weighted by atomic mass is 16.2. The van der Waals surface area contributed by atoms with Crippen LogP contribution >= 0.6 is 0 Å². The quantitative estimate of drug-likeness (QED) is 0.701. The van der Waals surface area contributed by atoms with Crippen molar-refractivity contribution in [3.63, 3.8) is 0 Å². The number of rotatable bonds is 5. The second kappa shape index (κ2) is 6.75. The lowest BCUT2D eigenvalue weighted by molar-refractivity contribution is 0.199. The van der Waals surface area contributed by atoms with Crippen LogP contribution in [0.5, 0.6) is 0 Å². The Morgan fingerprint density at radius 2 is 1.85 bits per heavy atom. The first-order chi connectivity index (χ1) is 6.15. The highest BCUT2D eigenvalue weighted by molar-refractivity contribution is 5.74. The molecule has 2 amide bonds. The summed E-state index contributed by atoms with van der Waals surface area (Å²) in [4.78, 5) is 13.3. The van der Waals surface area contributed by atoms with Gasteiger partial charge < -0.3 is 10.2 Å². The third-order valence-electron chi connectivity index (χ3n) is 2.14. The van der Waals surface area contributed by atoms with Gasteiger partial charge in [0.1, 0.15) is 0 Å². The topological polar surface area (TPSA) is 32.3 Å². The van der Waals surface area contributed by atoms with Gasteiger partial charge in [-0.3, -0.25) is 0 Å². The molecule has 3 heteroatoms. The summed E-state index contributed by atoms with van der Waals surface area (Å²) < 4.78 is 0. The van der Waals surface area contributed by atoms with E-state index in [4.69, 9.17) is 0 Å². The van der Waals surface area contributed by atoms with E-state index in [1.807, 2.05) is 20.8 Å². The number of nitrogens with one attached hydrogen (secondary N) is 1. The van der Waals surface area contributed by atoms with E-state index in [2.05, 4.69) is 12.2 Å². The molecule has 0 radical (unpaired) electrons. The minimum atomic E-state index is 0.0611. The van der Waals surface area contributed by atoms with Crippen LogP contribution in [0.25, 0.3) is 0 Å². The molecular formula is C10H22N2O. The van der Waals surface area contributed by atoms with E-state index >= 15 is 0 Å². The Balaban J connectivity index is 3.83. The first-order valence-electron chi connectivity index (χ1n) is 5.21. The molecule has 0 aliphatic carbocycles. The van der Waals surface area contributed by atoms with Crippen LogP contribution < -0.4 is 5.32 Å². The van der Waals surface area contributed by atoms with Crippen molar-refractivity contribution in [1.82, 2.24) is 10.2 Å². The van der Waals surface area contributed by atoms with Crippen molar-refractivity contribution in [2.24, 2.45) is 0 Å². The SMILES string of the molecule is CCCC(C)NC(=O)N(CC)CC. The average Bonchev–Trinajstić information content (AvgIpc) is 2.06. The van der Waals surface area contributed by atoms with Crippen molar-refractivity contribution < 1.29 is 4.79 Å². The number of hydrogen-bond acceptors (Lipinski definition) is 1. The fraction of sp³-hybridized carbons (Fsp3) is 0.900. The fourth-order valence-corrected chi connectivity index (χ4v) is 1.32. The summed E-state index contributed by atoms with van der Waals surface area (Å²) in [7, 11) is 0. The number of amides is 2. The second-order valence-corrected chi connectivity index (χ2v) is 3.31. The van der Waals surface area contributed by atoms with Crippen molar-refractivity contribution in [2.45, 2.75) is 46.6 Å². The van der Waals surface area contributed by atoms with E-state index in [9.17, 15) is 4.79 Å². The van der Waals surface area contributed by atoms with Crippen molar-refractivity contribution in [1.29, 1.82) is 0 Å². The second-order valence-electron chi connectivity index (χ2n) is 3.31. The summed E-state index contributed by atoms with van der Waals surface area (Å²) in [6.45, 7) is 9.72. The van der Waals surface area contributed by atoms with Gasteiger partial charge in [-0.2, -0.15) is 0 Å². The third kappa shape index (κ3) is 4.76. The molecule has 0 aliphatic heterocycles. The molecule has 78 valence electrons. The zero-order chi connectivity index (χ0) is 10.3. The number of urea groups is 1. The van der Waals surface area contributed by atoms with Crippen molar-refractivity contribution in [3.8, 4) is 0 Å². The van der Waals surface area contributed by atoms with Crippen LogP contribution in [-0.4, -0.2) is 30.1 Å². The van der Waals surface area contributed by atoms with Gasteiger partial charge in [0.25, 0.3) is 0 Å². The van der Waals surface area contributed by atoms with Gasteiger partial charge in [0, 0.05) is 19.1 Å². The Morgan fingerprint density at radius 3 is 2.23 bits per heavy atom. The van der Waals surface area contributed by atoms with Gasteiger partial charge >= 0.3 is 6.03 Å². The molecule has 1 atom stereocenters. The van der Waals surface area contributed by atoms with Crippen LogP contribution in [0.1, 0.15) is 40.5 Å².